The van der Waals surface area contributed by atoms with Crippen LogP contribution in [0.5, 0.6) is 5.75 Å². The average Bonchev–Trinajstić information content (AvgIpc) is 3.01. The molecule has 7 heteroatoms. The van der Waals surface area contributed by atoms with Gasteiger partial charge in [0.2, 0.25) is 0 Å². The fourth-order valence-electron chi connectivity index (χ4n) is 3.04. The number of thiophene rings is 1. The number of rotatable bonds is 5. The van der Waals surface area contributed by atoms with Gasteiger partial charge < -0.3 is 9.64 Å². The zero-order chi connectivity index (χ0) is 18.5. The molecule has 0 saturated carbocycles. The van der Waals surface area contributed by atoms with E-state index in [0.29, 0.717) is 18.8 Å². The van der Waals surface area contributed by atoms with E-state index in [2.05, 4.69) is 22.4 Å². The van der Waals surface area contributed by atoms with Gasteiger partial charge in [-0.25, -0.2) is 4.39 Å². The Bertz CT molecular complexity index is 741. The number of carbonyl (C=O) groups excluding carboxylic acids is 1. The number of benzene rings is 1. The highest BCUT2D eigenvalue weighted by atomic mass is 35.5. The first kappa shape index (κ1) is 19.1. The van der Waals surface area contributed by atoms with Crippen LogP contribution >= 0.6 is 22.9 Å². The van der Waals surface area contributed by atoms with Gasteiger partial charge in [0.25, 0.3) is 5.91 Å². The molecule has 0 radical (unpaired) electrons. The minimum Gasteiger partial charge on any atom is -0.479 e. The van der Waals surface area contributed by atoms with Crippen molar-refractivity contribution in [2.24, 2.45) is 0 Å². The van der Waals surface area contributed by atoms with Crippen molar-refractivity contribution in [3.63, 3.8) is 0 Å². The standard InChI is InChI=1S/C19H22ClFN2O2S/c1-14(25-18-6-5-15(21)12-17(18)20)19(24)23-8-3-7-22(9-10-23)13-16-4-2-11-26-16/h2,4-6,11-12,14H,3,7-10,13H2,1H3. The van der Waals surface area contributed by atoms with E-state index in [0.717, 1.165) is 26.1 Å². The van der Waals surface area contributed by atoms with E-state index >= 15 is 0 Å². The molecule has 0 aliphatic carbocycles. The van der Waals surface area contributed by atoms with Gasteiger partial charge >= 0.3 is 0 Å². The molecule has 1 saturated heterocycles. The molecule has 4 nitrogen and oxygen atoms in total. The fraction of sp³-hybridized carbons (Fsp3) is 0.421. The van der Waals surface area contributed by atoms with Crippen molar-refractivity contribution >= 4 is 28.8 Å². The Kier molecular flexibility index (Phi) is 6.51. The monoisotopic (exact) mass is 396 g/mol. The van der Waals surface area contributed by atoms with Gasteiger partial charge in [0, 0.05) is 37.6 Å². The van der Waals surface area contributed by atoms with Gasteiger partial charge in [-0.05, 0) is 43.0 Å². The van der Waals surface area contributed by atoms with Gasteiger partial charge in [0.1, 0.15) is 11.6 Å². The number of nitrogens with zero attached hydrogens (tertiary/aromatic N) is 2. The van der Waals surface area contributed by atoms with Crippen LogP contribution < -0.4 is 4.74 Å². The molecule has 1 aromatic carbocycles. The van der Waals surface area contributed by atoms with Crippen molar-refractivity contribution in [1.29, 1.82) is 0 Å². The molecule has 0 N–H and O–H groups in total. The van der Waals surface area contributed by atoms with Gasteiger partial charge in [0.15, 0.2) is 6.10 Å². The zero-order valence-corrected chi connectivity index (χ0v) is 16.2. The van der Waals surface area contributed by atoms with E-state index in [-0.39, 0.29) is 10.9 Å². The molecule has 0 bridgehead atoms. The third-order valence-electron chi connectivity index (χ3n) is 4.41. The molecule has 1 aromatic heterocycles. The molecule has 3 rings (SSSR count). The Balaban J connectivity index is 1.55. The summed E-state index contributed by atoms with van der Waals surface area (Å²) < 4.78 is 18.8. The van der Waals surface area contributed by atoms with E-state index < -0.39 is 11.9 Å². The molecule has 1 aliphatic rings. The van der Waals surface area contributed by atoms with Crippen LogP contribution in [0.15, 0.2) is 35.7 Å². The zero-order valence-electron chi connectivity index (χ0n) is 14.7. The SMILES string of the molecule is CC(Oc1ccc(F)cc1Cl)C(=O)N1CCCN(Cc2cccs2)CC1. The van der Waals surface area contributed by atoms with E-state index in [9.17, 15) is 9.18 Å². The summed E-state index contributed by atoms with van der Waals surface area (Å²) in [5.74, 6) is -0.175. The van der Waals surface area contributed by atoms with Crippen molar-refractivity contribution in [3.8, 4) is 5.75 Å². The lowest BCUT2D eigenvalue weighted by molar-refractivity contribution is -0.137. The Morgan fingerprint density at radius 3 is 2.88 bits per heavy atom. The third-order valence-corrected chi connectivity index (χ3v) is 5.56. The number of hydrogen-bond donors (Lipinski definition) is 0. The van der Waals surface area contributed by atoms with Crippen molar-refractivity contribution in [1.82, 2.24) is 9.80 Å². The lowest BCUT2D eigenvalue weighted by atomic mass is 10.3. The molecule has 1 atom stereocenters. The lowest BCUT2D eigenvalue weighted by Gasteiger charge is -2.25. The second-order valence-corrected chi connectivity index (χ2v) is 7.81. The maximum absolute atomic E-state index is 13.1. The quantitative estimate of drug-likeness (QED) is 0.764. The van der Waals surface area contributed by atoms with Crippen LogP contribution in [-0.4, -0.2) is 48.0 Å². The molecule has 2 heterocycles. The molecule has 1 unspecified atom stereocenters. The summed E-state index contributed by atoms with van der Waals surface area (Å²) in [6, 6.07) is 8.11. The van der Waals surface area contributed by atoms with E-state index in [1.807, 2.05) is 4.90 Å². The van der Waals surface area contributed by atoms with Crippen molar-refractivity contribution in [2.45, 2.75) is 26.0 Å². The Morgan fingerprint density at radius 1 is 1.31 bits per heavy atom. The second kappa shape index (κ2) is 8.84. The minimum absolute atomic E-state index is 0.0663. The molecule has 26 heavy (non-hydrogen) atoms. The van der Waals surface area contributed by atoms with Crippen LogP contribution in [0.4, 0.5) is 4.39 Å². The van der Waals surface area contributed by atoms with Crippen LogP contribution in [0, 0.1) is 5.82 Å². The van der Waals surface area contributed by atoms with Crippen LogP contribution in [0.2, 0.25) is 5.02 Å². The smallest absolute Gasteiger partial charge is 0.263 e. The summed E-state index contributed by atoms with van der Waals surface area (Å²) in [6.07, 6.45) is 0.267. The summed E-state index contributed by atoms with van der Waals surface area (Å²) in [7, 11) is 0. The first-order chi connectivity index (χ1) is 12.5. The highest BCUT2D eigenvalue weighted by Crippen LogP contribution is 2.26. The van der Waals surface area contributed by atoms with Gasteiger partial charge in [-0.3, -0.25) is 9.69 Å². The number of hydrogen-bond acceptors (Lipinski definition) is 4. The first-order valence-corrected chi connectivity index (χ1v) is 9.94. The predicted molar refractivity (Wildman–Crippen MR) is 102 cm³/mol. The van der Waals surface area contributed by atoms with Gasteiger partial charge in [-0.1, -0.05) is 17.7 Å². The Labute approximate surface area is 162 Å². The topological polar surface area (TPSA) is 32.8 Å². The summed E-state index contributed by atoms with van der Waals surface area (Å²) in [5.41, 5.74) is 0. The number of ether oxygens (including phenoxy) is 1. The number of amides is 1. The van der Waals surface area contributed by atoms with Crippen molar-refractivity contribution in [2.75, 3.05) is 26.2 Å². The van der Waals surface area contributed by atoms with Gasteiger partial charge in [-0.15, -0.1) is 11.3 Å². The highest BCUT2D eigenvalue weighted by Gasteiger charge is 2.25. The molecule has 1 amide bonds. The molecular weight excluding hydrogens is 375 g/mol. The largest absolute Gasteiger partial charge is 0.479 e. The normalized spacial score (nSPS) is 17.0. The maximum Gasteiger partial charge on any atom is 0.263 e. The lowest BCUT2D eigenvalue weighted by Crippen LogP contribution is -2.42. The molecule has 140 valence electrons. The predicted octanol–water partition coefficient (Wildman–Crippen LogP) is 4.04. The third kappa shape index (κ3) is 4.96. The fourth-order valence-corrected chi connectivity index (χ4v) is 4.00. The summed E-state index contributed by atoms with van der Waals surface area (Å²) in [6.45, 7) is 5.83. The second-order valence-electron chi connectivity index (χ2n) is 6.37. The van der Waals surface area contributed by atoms with E-state index in [4.69, 9.17) is 16.3 Å². The molecule has 1 fully saturated rings. The average molecular weight is 397 g/mol. The Hall–Kier alpha value is -1.63. The minimum atomic E-state index is -0.665. The molecular formula is C19H22ClFN2O2S. The van der Waals surface area contributed by atoms with Crippen molar-refractivity contribution in [3.05, 3.63) is 51.4 Å². The summed E-state index contributed by atoms with van der Waals surface area (Å²) >= 11 is 7.74. The maximum atomic E-state index is 13.1. The van der Waals surface area contributed by atoms with Gasteiger partial charge in [-0.2, -0.15) is 0 Å². The van der Waals surface area contributed by atoms with Crippen LogP contribution in [0.3, 0.4) is 0 Å². The molecule has 1 aliphatic heterocycles. The Morgan fingerprint density at radius 2 is 2.15 bits per heavy atom. The van der Waals surface area contributed by atoms with Gasteiger partial charge in [0.05, 0.1) is 5.02 Å². The van der Waals surface area contributed by atoms with Crippen LogP contribution in [-0.2, 0) is 11.3 Å². The number of carbonyl (C=O) groups is 1. The molecule has 2 aromatic rings. The highest BCUT2D eigenvalue weighted by molar-refractivity contribution is 7.09. The van der Waals surface area contributed by atoms with Crippen molar-refractivity contribution < 1.29 is 13.9 Å². The first-order valence-electron chi connectivity index (χ1n) is 8.68. The van der Waals surface area contributed by atoms with E-state index in [1.165, 1.54) is 23.1 Å². The summed E-state index contributed by atoms with van der Waals surface area (Å²) in [4.78, 5) is 18.3. The van der Waals surface area contributed by atoms with Crippen LogP contribution in [0.1, 0.15) is 18.2 Å². The molecule has 0 spiro atoms. The van der Waals surface area contributed by atoms with Crippen LogP contribution in [0.25, 0.3) is 0 Å². The summed E-state index contributed by atoms with van der Waals surface area (Å²) in [5, 5.41) is 2.26. The van der Waals surface area contributed by atoms with E-state index in [1.54, 1.807) is 18.3 Å². The number of halogens is 2.